The van der Waals surface area contributed by atoms with Gasteiger partial charge >= 0.3 is 190 Å². The average molecular weight is 597 g/mol. The quantitative estimate of drug-likeness (QED) is 0.177. The summed E-state index contributed by atoms with van der Waals surface area (Å²) in [5.74, 6) is 0.219. The molecule has 184 valence electrons. The zero-order valence-corrected chi connectivity index (χ0v) is 21.3. The molecule has 1 aromatic carbocycles. The summed E-state index contributed by atoms with van der Waals surface area (Å²) in [4.78, 5) is 18.8. The van der Waals surface area contributed by atoms with Crippen LogP contribution in [-0.2, 0) is 4.74 Å². The van der Waals surface area contributed by atoms with Crippen molar-refractivity contribution >= 4 is 29.4 Å². The molecule has 1 aliphatic heterocycles. The summed E-state index contributed by atoms with van der Waals surface area (Å²) >= 11 is -0.824. The summed E-state index contributed by atoms with van der Waals surface area (Å²) < 4.78 is 27.0. The van der Waals surface area contributed by atoms with E-state index in [0.717, 1.165) is 28.2 Å². The van der Waals surface area contributed by atoms with E-state index >= 15 is 0 Å². The van der Waals surface area contributed by atoms with Crippen LogP contribution in [0.5, 0.6) is 0 Å². The van der Waals surface area contributed by atoms with Crippen molar-refractivity contribution in [1.29, 1.82) is 0 Å². The Labute approximate surface area is 218 Å². The molecule has 1 fully saturated rings. The predicted octanol–water partition coefficient (Wildman–Crippen LogP) is 1.10. The first-order valence-electron chi connectivity index (χ1n) is 11.3. The molecule has 5 rings (SSSR count). The second-order valence-corrected chi connectivity index (χ2v) is 9.36. The molecule has 4 aromatic rings. The van der Waals surface area contributed by atoms with Gasteiger partial charge in [0.15, 0.2) is 0 Å². The Morgan fingerprint density at radius 3 is 2.53 bits per heavy atom. The van der Waals surface area contributed by atoms with Gasteiger partial charge < -0.3 is 0 Å². The van der Waals surface area contributed by atoms with Crippen LogP contribution in [0, 0.1) is 5.82 Å². The molecular weight excluding hydrogens is 574 g/mol. The number of rotatable bonds is 8. The summed E-state index contributed by atoms with van der Waals surface area (Å²) in [6.45, 7) is 2.33. The van der Waals surface area contributed by atoms with Crippen LogP contribution in [0.25, 0.3) is 11.1 Å². The second kappa shape index (κ2) is 11.8. The summed E-state index contributed by atoms with van der Waals surface area (Å²) in [5.41, 5.74) is 4.78. The van der Waals surface area contributed by atoms with E-state index in [1.165, 1.54) is 6.20 Å². The van der Waals surface area contributed by atoms with Crippen molar-refractivity contribution in [1.82, 2.24) is 19.9 Å². The minimum absolute atomic E-state index is 0.292. The van der Waals surface area contributed by atoms with E-state index in [0.29, 0.717) is 38.1 Å². The van der Waals surface area contributed by atoms with E-state index in [1.807, 2.05) is 47.5 Å². The molecule has 9 nitrogen and oxygen atoms in total. The number of hydrogen-bond acceptors (Lipinski definition) is 9. The molecule has 0 aliphatic carbocycles. The van der Waals surface area contributed by atoms with Gasteiger partial charge in [0.1, 0.15) is 0 Å². The maximum absolute atomic E-state index is 14.2. The van der Waals surface area contributed by atoms with Crippen LogP contribution in [0.15, 0.2) is 76.5 Å². The number of morpholine rings is 1. The third kappa shape index (κ3) is 6.29. The number of aromatic nitrogens is 4. The molecule has 0 bridgehead atoms. The topological polar surface area (TPSA) is 100 Å². The Balaban J connectivity index is 1.13. The normalized spacial score (nSPS) is 13.8. The number of anilines is 4. The zero-order chi connectivity index (χ0) is 24.6. The van der Waals surface area contributed by atoms with Crippen molar-refractivity contribution in [3.8, 4) is 11.1 Å². The minimum atomic E-state index is -0.824. The van der Waals surface area contributed by atoms with E-state index in [2.05, 4.69) is 44.1 Å². The van der Waals surface area contributed by atoms with Crippen molar-refractivity contribution in [2.45, 2.75) is 0 Å². The molecule has 3 aromatic heterocycles. The molecule has 1 saturated heterocycles. The van der Waals surface area contributed by atoms with Gasteiger partial charge in [-0.05, 0) is 6.07 Å². The van der Waals surface area contributed by atoms with Crippen LogP contribution in [-0.4, -0.2) is 52.5 Å². The number of halogens is 2. The second-order valence-electron chi connectivity index (χ2n) is 7.79. The summed E-state index contributed by atoms with van der Waals surface area (Å²) in [5, 5.41) is 3.35. The molecule has 36 heavy (non-hydrogen) atoms. The van der Waals surface area contributed by atoms with E-state index in [4.69, 9.17) is 4.74 Å². The average Bonchev–Trinajstić information content (AvgIpc) is 2.94. The van der Waals surface area contributed by atoms with E-state index in [-0.39, 0.29) is 0 Å². The first-order chi connectivity index (χ1) is 17.7. The number of pyridine rings is 2. The molecule has 11 heteroatoms. The molecule has 1 aliphatic rings. The summed E-state index contributed by atoms with van der Waals surface area (Å²) in [7, 11) is 0. The first-order valence-corrected chi connectivity index (χ1v) is 13.3. The van der Waals surface area contributed by atoms with E-state index in [9.17, 15) is 4.39 Å². The SMILES string of the molecule is Fc1cnc(N[I-]N=Cc2ccc(Nc3ccc(-c4cccnc4)cc3)cn2)nc1N1CCOCC1. The monoisotopic (exact) mass is 597 g/mol. The van der Waals surface area contributed by atoms with Gasteiger partial charge in [-0.1, -0.05) is 6.07 Å². The van der Waals surface area contributed by atoms with Gasteiger partial charge in [0.05, 0.1) is 0 Å². The Morgan fingerprint density at radius 2 is 1.78 bits per heavy atom. The van der Waals surface area contributed by atoms with Crippen LogP contribution in [0.4, 0.5) is 27.5 Å². The zero-order valence-electron chi connectivity index (χ0n) is 19.2. The van der Waals surface area contributed by atoms with Gasteiger partial charge in [-0.2, -0.15) is 0 Å². The van der Waals surface area contributed by atoms with Crippen molar-refractivity contribution in [3.63, 3.8) is 0 Å². The van der Waals surface area contributed by atoms with E-state index < -0.39 is 27.6 Å². The van der Waals surface area contributed by atoms with Gasteiger partial charge in [-0.15, -0.1) is 0 Å². The molecule has 0 unspecified atom stereocenters. The third-order valence-corrected chi connectivity index (χ3v) is 6.63. The third-order valence-electron chi connectivity index (χ3n) is 5.35. The fourth-order valence-electron chi connectivity index (χ4n) is 3.54. The molecule has 0 radical (unpaired) electrons. The number of ether oxygens (including phenoxy) is 1. The maximum atomic E-state index is 14.2. The number of hydrogen-bond donors (Lipinski definition) is 2. The molecule has 0 atom stereocenters. The fourth-order valence-corrected chi connectivity index (χ4v) is 4.58. The van der Waals surface area contributed by atoms with Gasteiger partial charge in [0.25, 0.3) is 0 Å². The number of benzene rings is 1. The Hall–Kier alpha value is -3.71. The predicted molar refractivity (Wildman–Crippen MR) is 133 cm³/mol. The standard InChI is InChI=1S/C25H23FIN8O/c26-23-17-30-25(33-24(23)35-10-12-36-13-11-35)34-27-31-16-21-7-8-22(15-29-21)32-20-5-3-18(4-6-20)19-2-1-9-28-14-19/h1-9,14-17,32H,10-13H2,(H,30,33,34)/q-1. The Bertz CT molecular complexity index is 1300. The van der Waals surface area contributed by atoms with Crippen LogP contribution in [0.3, 0.4) is 0 Å². The molecular formula is C25H23FIN8O-. The number of nitrogens with zero attached hydrogens (tertiary/aromatic N) is 6. The molecule has 4 heterocycles. The van der Waals surface area contributed by atoms with Gasteiger partial charge in [-0.3, -0.25) is 4.98 Å². The van der Waals surface area contributed by atoms with Crippen LogP contribution >= 0.6 is 0 Å². The van der Waals surface area contributed by atoms with Crippen molar-refractivity contribution < 1.29 is 30.9 Å². The molecule has 0 spiro atoms. The van der Waals surface area contributed by atoms with Crippen molar-refractivity contribution in [2.24, 2.45) is 3.21 Å². The van der Waals surface area contributed by atoms with Crippen LogP contribution in [0.1, 0.15) is 5.69 Å². The molecule has 0 amide bonds. The molecule has 2 N–H and O–H groups in total. The first kappa shape index (κ1) is 24.0. The fraction of sp³-hybridized carbons (Fsp3) is 0.160. The Morgan fingerprint density at radius 1 is 0.944 bits per heavy atom. The summed E-state index contributed by atoms with van der Waals surface area (Å²) in [6.07, 6.45) is 8.27. The Kier molecular flexibility index (Phi) is 7.88. The van der Waals surface area contributed by atoms with Crippen LogP contribution in [0.2, 0.25) is 0 Å². The van der Waals surface area contributed by atoms with Gasteiger partial charge in [-0.25, -0.2) is 0 Å². The van der Waals surface area contributed by atoms with Crippen molar-refractivity contribution in [3.05, 3.63) is 84.8 Å². The van der Waals surface area contributed by atoms with E-state index in [1.54, 1.807) is 18.6 Å². The van der Waals surface area contributed by atoms with Crippen molar-refractivity contribution in [2.75, 3.05) is 40.1 Å². The summed E-state index contributed by atoms with van der Waals surface area (Å²) in [6, 6.07) is 16.0. The number of nitrogens with one attached hydrogen (secondary N) is 2. The van der Waals surface area contributed by atoms with Gasteiger partial charge in [0, 0.05) is 12.4 Å². The van der Waals surface area contributed by atoms with Crippen LogP contribution < -0.4 is 35.5 Å². The van der Waals surface area contributed by atoms with Gasteiger partial charge in [0.2, 0.25) is 0 Å². The molecule has 0 saturated carbocycles.